The Morgan fingerprint density at radius 1 is 1.27 bits per heavy atom. The molecule has 0 aromatic carbocycles. The fraction of sp³-hybridized carbons (Fsp3) is 0.529. The number of carbonyl (C=O) groups excluding carboxylic acids is 2. The van der Waals surface area contributed by atoms with Crippen molar-refractivity contribution >= 4 is 33.4 Å². The van der Waals surface area contributed by atoms with E-state index in [1.807, 2.05) is 0 Å². The molecule has 0 atom stereocenters. The SMILES string of the molecule is CCn1ncc(NC(=O)Cn2nc(C(F)(F)F)c(Br)c2C)c1C(=O)N1CCOCC1. The van der Waals surface area contributed by atoms with E-state index in [1.54, 1.807) is 11.8 Å². The lowest BCUT2D eigenvalue weighted by molar-refractivity contribution is -0.142. The summed E-state index contributed by atoms with van der Waals surface area (Å²) in [6, 6.07) is 0. The minimum absolute atomic E-state index is 0.159. The van der Waals surface area contributed by atoms with Crippen LogP contribution in [0, 0.1) is 6.92 Å². The van der Waals surface area contributed by atoms with Crippen LogP contribution in [0.4, 0.5) is 18.9 Å². The number of hydrogen-bond donors (Lipinski definition) is 1. The van der Waals surface area contributed by atoms with Gasteiger partial charge in [0, 0.05) is 19.6 Å². The second-order valence-corrected chi connectivity index (χ2v) is 7.37. The molecular formula is C17H20BrF3N6O3. The predicted molar refractivity (Wildman–Crippen MR) is 103 cm³/mol. The van der Waals surface area contributed by atoms with Crippen LogP contribution in [0.5, 0.6) is 0 Å². The highest BCUT2D eigenvalue weighted by molar-refractivity contribution is 9.10. The van der Waals surface area contributed by atoms with Crippen LogP contribution in [0.2, 0.25) is 0 Å². The van der Waals surface area contributed by atoms with Crippen LogP contribution in [-0.2, 0) is 28.8 Å². The van der Waals surface area contributed by atoms with Gasteiger partial charge in [0.15, 0.2) is 5.69 Å². The third kappa shape index (κ3) is 4.51. The van der Waals surface area contributed by atoms with Gasteiger partial charge in [0.05, 0.1) is 35.3 Å². The maximum atomic E-state index is 13.0. The van der Waals surface area contributed by atoms with Crippen molar-refractivity contribution in [1.82, 2.24) is 24.5 Å². The van der Waals surface area contributed by atoms with Crippen molar-refractivity contribution < 1.29 is 27.5 Å². The molecule has 0 saturated carbocycles. The summed E-state index contributed by atoms with van der Waals surface area (Å²) in [6.07, 6.45) is -3.30. The molecule has 0 radical (unpaired) electrons. The lowest BCUT2D eigenvalue weighted by Gasteiger charge is -2.27. The Kier molecular flexibility index (Phi) is 6.50. The van der Waals surface area contributed by atoms with Crippen LogP contribution in [0.15, 0.2) is 10.7 Å². The Bertz CT molecular complexity index is 949. The Morgan fingerprint density at radius 3 is 2.50 bits per heavy atom. The first-order chi connectivity index (χ1) is 14.1. The normalized spacial score (nSPS) is 14.8. The van der Waals surface area contributed by atoms with E-state index in [1.165, 1.54) is 17.8 Å². The molecule has 2 aromatic rings. The summed E-state index contributed by atoms with van der Waals surface area (Å²) in [7, 11) is 0. The average Bonchev–Trinajstić information content (AvgIpc) is 3.23. The number of aryl methyl sites for hydroxylation is 1. The molecule has 0 aliphatic carbocycles. The van der Waals surface area contributed by atoms with Crippen LogP contribution in [0.1, 0.15) is 28.8 Å². The first-order valence-corrected chi connectivity index (χ1v) is 9.95. The zero-order chi connectivity index (χ0) is 22.1. The summed E-state index contributed by atoms with van der Waals surface area (Å²) in [5, 5.41) is 10.2. The number of morpholine rings is 1. The first-order valence-electron chi connectivity index (χ1n) is 9.16. The van der Waals surface area contributed by atoms with E-state index in [9.17, 15) is 22.8 Å². The average molecular weight is 493 g/mol. The van der Waals surface area contributed by atoms with Gasteiger partial charge in [0.2, 0.25) is 5.91 Å². The molecule has 9 nitrogen and oxygen atoms in total. The minimum Gasteiger partial charge on any atom is -0.378 e. The quantitative estimate of drug-likeness (QED) is 0.690. The monoisotopic (exact) mass is 492 g/mol. The minimum atomic E-state index is -4.65. The van der Waals surface area contributed by atoms with Gasteiger partial charge in [-0.15, -0.1) is 0 Å². The molecular weight excluding hydrogens is 473 g/mol. The topological polar surface area (TPSA) is 94.3 Å². The Balaban J connectivity index is 1.79. The first kappa shape index (κ1) is 22.3. The van der Waals surface area contributed by atoms with Gasteiger partial charge in [-0.05, 0) is 29.8 Å². The van der Waals surface area contributed by atoms with Crippen LogP contribution in [0.3, 0.4) is 0 Å². The Morgan fingerprint density at radius 2 is 1.93 bits per heavy atom. The van der Waals surface area contributed by atoms with Gasteiger partial charge < -0.3 is 15.0 Å². The maximum Gasteiger partial charge on any atom is 0.436 e. The van der Waals surface area contributed by atoms with E-state index in [0.717, 1.165) is 4.68 Å². The number of anilines is 1. The summed E-state index contributed by atoms with van der Waals surface area (Å²) >= 11 is 2.87. The molecule has 1 aliphatic heterocycles. The van der Waals surface area contributed by atoms with Crippen LogP contribution in [0.25, 0.3) is 0 Å². The zero-order valence-corrected chi connectivity index (χ0v) is 17.9. The van der Waals surface area contributed by atoms with E-state index in [0.29, 0.717) is 32.8 Å². The van der Waals surface area contributed by atoms with E-state index >= 15 is 0 Å². The predicted octanol–water partition coefficient (Wildman–Crippen LogP) is 2.30. The van der Waals surface area contributed by atoms with Gasteiger partial charge in [-0.3, -0.25) is 19.0 Å². The number of amides is 2. The molecule has 13 heteroatoms. The number of hydrogen-bond acceptors (Lipinski definition) is 5. The highest BCUT2D eigenvalue weighted by Crippen LogP contribution is 2.35. The van der Waals surface area contributed by atoms with Gasteiger partial charge >= 0.3 is 6.18 Å². The maximum absolute atomic E-state index is 13.0. The molecule has 0 bridgehead atoms. The number of aromatic nitrogens is 4. The standard InChI is InChI=1S/C17H20BrF3N6O3/c1-3-26-14(16(29)25-4-6-30-7-5-25)11(8-22-26)23-12(28)9-27-10(2)13(18)15(24-27)17(19,20)21/h8H,3-7,9H2,1-2H3,(H,23,28). The lowest BCUT2D eigenvalue weighted by Crippen LogP contribution is -2.41. The van der Waals surface area contributed by atoms with E-state index in [4.69, 9.17) is 4.74 Å². The Labute approximate surface area is 178 Å². The van der Waals surface area contributed by atoms with Crippen molar-refractivity contribution in [2.45, 2.75) is 33.1 Å². The van der Waals surface area contributed by atoms with Crippen LogP contribution < -0.4 is 5.32 Å². The van der Waals surface area contributed by atoms with Crippen molar-refractivity contribution in [3.63, 3.8) is 0 Å². The van der Waals surface area contributed by atoms with E-state index in [2.05, 4.69) is 31.4 Å². The highest BCUT2D eigenvalue weighted by Gasteiger charge is 2.38. The molecule has 0 spiro atoms. The molecule has 164 valence electrons. The van der Waals surface area contributed by atoms with Crippen molar-refractivity contribution in [3.05, 3.63) is 27.8 Å². The number of carbonyl (C=O) groups is 2. The van der Waals surface area contributed by atoms with Gasteiger partial charge in [-0.2, -0.15) is 23.4 Å². The van der Waals surface area contributed by atoms with Crippen LogP contribution in [-0.4, -0.2) is 62.6 Å². The second-order valence-electron chi connectivity index (χ2n) is 6.58. The van der Waals surface area contributed by atoms with Crippen molar-refractivity contribution in [3.8, 4) is 0 Å². The molecule has 30 heavy (non-hydrogen) atoms. The summed E-state index contributed by atoms with van der Waals surface area (Å²) in [4.78, 5) is 27.0. The number of halogens is 4. The smallest absolute Gasteiger partial charge is 0.378 e. The van der Waals surface area contributed by atoms with Crippen molar-refractivity contribution in [1.29, 1.82) is 0 Å². The summed E-state index contributed by atoms with van der Waals surface area (Å²) in [6.45, 7) is 4.85. The number of rotatable bonds is 5. The summed E-state index contributed by atoms with van der Waals surface area (Å²) in [5.74, 6) is -0.932. The fourth-order valence-corrected chi connectivity index (χ4v) is 3.55. The molecule has 1 aliphatic rings. The van der Waals surface area contributed by atoms with Gasteiger partial charge in [0.1, 0.15) is 12.2 Å². The number of ether oxygens (including phenoxy) is 1. The molecule has 3 rings (SSSR count). The van der Waals surface area contributed by atoms with Crippen LogP contribution >= 0.6 is 15.9 Å². The molecule has 2 amide bonds. The number of alkyl halides is 3. The van der Waals surface area contributed by atoms with E-state index in [-0.39, 0.29) is 27.5 Å². The fourth-order valence-electron chi connectivity index (χ4n) is 3.04. The van der Waals surface area contributed by atoms with Gasteiger partial charge in [0.25, 0.3) is 5.91 Å². The zero-order valence-electron chi connectivity index (χ0n) is 16.3. The Hall–Kier alpha value is -2.41. The molecule has 1 saturated heterocycles. The highest BCUT2D eigenvalue weighted by atomic mass is 79.9. The molecule has 3 heterocycles. The van der Waals surface area contributed by atoms with Gasteiger partial charge in [-0.25, -0.2) is 0 Å². The van der Waals surface area contributed by atoms with Crippen molar-refractivity contribution in [2.75, 3.05) is 31.6 Å². The third-order valence-corrected chi connectivity index (χ3v) is 5.56. The molecule has 2 aromatic heterocycles. The summed E-state index contributed by atoms with van der Waals surface area (Å²) in [5.41, 5.74) is -0.540. The van der Waals surface area contributed by atoms with Gasteiger partial charge in [-0.1, -0.05) is 0 Å². The number of nitrogens with zero attached hydrogens (tertiary/aromatic N) is 5. The second kappa shape index (κ2) is 8.76. The summed E-state index contributed by atoms with van der Waals surface area (Å²) < 4.78 is 46.5. The molecule has 1 fully saturated rings. The largest absolute Gasteiger partial charge is 0.436 e. The lowest BCUT2D eigenvalue weighted by atomic mass is 10.2. The van der Waals surface area contributed by atoms with E-state index < -0.39 is 24.3 Å². The number of nitrogens with one attached hydrogen (secondary N) is 1. The molecule has 0 unspecified atom stereocenters. The molecule has 1 N–H and O–H groups in total. The third-order valence-electron chi connectivity index (χ3n) is 4.61. The van der Waals surface area contributed by atoms with Crippen molar-refractivity contribution in [2.24, 2.45) is 0 Å².